The number of rotatable bonds is 8. The number of esters is 1. The molecule has 0 spiro atoms. The zero-order valence-electron chi connectivity index (χ0n) is 19.3. The number of benzene rings is 2. The summed E-state index contributed by atoms with van der Waals surface area (Å²) in [6, 6.07) is 10.2. The Morgan fingerprint density at radius 1 is 0.909 bits per heavy atom. The predicted molar refractivity (Wildman–Crippen MR) is 124 cm³/mol. The van der Waals surface area contributed by atoms with Crippen molar-refractivity contribution in [1.82, 2.24) is 9.80 Å². The third-order valence-electron chi connectivity index (χ3n) is 5.72. The summed E-state index contributed by atoms with van der Waals surface area (Å²) in [6.45, 7) is 2.10. The fraction of sp³-hybridized carbons (Fsp3) is 0.417. The van der Waals surface area contributed by atoms with Crippen LogP contribution in [0.25, 0.3) is 0 Å². The Labute approximate surface area is 198 Å². The van der Waals surface area contributed by atoms with Crippen molar-refractivity contribution in [3.8, 4) is 17.2 Å². The summed E-state index contributed by atoms with van der Waals surface area (Å²) in [7, 11) is 6.00. The van der Waals surface area contributed by atoms with Crippen molar-refractivity contribution in [1.29, 1.82) is 0 Å². The van der Waals surface area contributed by atoms with Crippen molar-refractivity contribution in [3.63, 3.8) is 0 Å². The number of methoxy groups -OCH3 is 4. The van der Waals surface area contributed by atoms with Crippen molar-refractivity contribution in [2.75, 3.05) is 54.6 Å². The minimum atomic E-state index is -0.542. The van der Waals surface area contributed by atoms with Gasteiger partial charge in [-0.2, -0.15) is 0 Å². The van der Waals surface area contributed by atoms with E-state index < -0.39 is 6.04 Å². The molecule has 3 rings (SSSR count). The Bertz CT molecular complexity index is 948. The van der Waals surface area contributed by atoms with Crippen molar-refractivity contribution < 1.29 is 28.5 Å². The van der Waals surface area contributed by atoms with Crippen LogP contribution >= 0.6 is 11.6 Å². The van der Waals surface area contributed by atoms with E-state index in [0.29, 0.717) is 48.5 Å². The Morgan fingerprint density at radius 2 is 1.48 bits per heavy atom. The molecular weight excluding hydrogens is 448 g/mol. The normalized spacial score (nSPS) is 15.0. The lowest BCUT2D eigenvalue weighted by Crippen LogP contribution is -2.51. The number of halogens is 1. The SMILES string of the molecule is COC(=O)[C@H](c1ccc(Cl)cc1)N1CCN(C(=O)Cc2cc(OC)c(OC)c(OC)c2)CC1. The highest BCUT2D eigenvalue weighted by Gasteiger charge is 2.32. The molecule has 33 heavy (non-hydrogen) atoms. The van der Waals surface area contributed by atoms with Gasteiger partial charge < -0.3 is 23.8 Å². The van der Waals surface area contributed by atoms with E-state index in [1.807, 2.05) is 17.0 Å². The lowest BCUT2D eigenvalue weighted by Gasteiger charge is -2.38. The average Bonchev–Trinajstić information content (AvgIpc) is 2.84. The smallest absolute Gasteiger partial charge is 0.327 e. The van der Waals surface area contributed by atoms with Gasteiger partial charge in [0.25, 0.3) is 0 Å². The van der Waals surface area contributed by atoms with E-state index in [2.05, 4.69) is 0 Å². The maximum Gasteiger partial charge on any atom is 0.327 e. The monoisotopic (exact) mass is 476 g/mol. The van der Waals surface area contributed by atoms with Gasteiger partial charge in [-0.05, 0) is 35.4 Å². The molecule has 0 N–H and O–H groups in total. The van der Waals surface area contributed by atoms with Gasteiger partial charge in [-0.3, -0.25) is 9.69 Å². The van der Waals surface area contributed by atoms with Crippen LogP contribution in [0.3, 0.4) is 0 Å². The van der Waals surface area contributed by atoms with Gasteiger partial charge in [-0.15, -0.1) is 0 Å². The van der Waals surface area contributed by atoms with Gasteiger partial charge >= 0.3 is 5.97 Å². The molecule has 0 aliphatic carbocycles. The average molecular weight is 477 g/mol. The van der Waals surface area contributed by atoms with E-state index in [-0.39, 0.29) is 18.3 Å². The quantitative estimate of drug-likeness (QED) is 0.542. The predicted octanol–water partition coefficient (Wildman–Crippen LogP) is 2.97. The highest BCUT2D eigenvalue weighted by atomic mass is 35.5. The van der Waals surface area contributed by atoms with Crippen LogP contribution in [-0.2, 0) is 20.7 Å². The third-order valence-corrected chi connectivity index (χ3v) is 5.97. The molecule has 0 bridgehead atoms. The van der Waals surface area contributed by atoms with Gasteiger partial charge in [-0.1, -0.05) is 23.7 Å². The lowest BCUT2D eigenvalue weighted by atomic mass is 10.0. The van der Waals surface area contributed by atoms with Crippen LogP contribution in [0.15, 0.2) is 36.4 Å². The first-order chi connectivity index (χ1) is 15.9. The number of hydrogen-bond donors (Lipinski definition) is 0. The number of carbonyl (C=O) groups is 2. The van der Waals surface area contributed by atoms with Crippen LogP contribution in [0.5, 0.6) is 17.2 Å². The van der Waals surface area contributed by atoms with Crippen molar-refractivity contribution in [2.45, 2.75) is 12.5 Å². The first-order valence-electron chi connectivity index (χ1n) is 10.6. The molecule has 1 heterocycles. The zero-order valence-corrected chi connectivity index (χ0v) is 20.1. The van der Waals surface area contributed by atoms with E-state index in [0.717, 1.165) is 11.1 Å². The van der Waals surface area contributed by atoms with Crippen LogP contribution in [0.1, 0.15) is 17.2 Å². The van der Waals surface area contributed by atoms with Crippen molar-refractivity contribution in [2.24, 2.45) is 0 Å². The lowest BCUT2D eigenvalue weighted by molar-refractivity contribution is -0.148. The topological polar surface area (TPSA) is 77.5 Å². The van der Waals surface area contributed by atoms with E-state index in [1.54, 1.807) is 43.4 Å². The minimum Gasteiger partial charge on any atom is -0.493 e. The highest BCUT2D eigenvalue weighted by molar-refractivity contribution is 6.30. The molecule has 1 atom stereocenters. The summed E-state index contributed by atoms with van der Waals surface area (Å²) in [5, 5.41) is 0.601. The molecular formula is C24H29ClN2O6. The van der Waals surface area contributed by atoms with Crippen molar-refractivity contribution >= 4 is 23.5 Å². The van der Waals surface area contributed by atoms with Gasteiger partial charge in [0.05, 0.1) is 34.9 Å². The van der Waals surface area contributed by atoms with E-state index in [9.17, 15) is 9.59 Å². The maximum atomic E-state index is 13.0. The second-order valence-electron chi connectivity index (χ2n) is 7.60. The molecule has 0 aromatic heterocycles. The van der Waals surface area contributed by atoms with Gasteiger partial charge in [-0.25, -0.2) is 4.79 Å². The van der Waals surface area contributed by atoms with E-state index in [1.165, 1.54) is 14.2 Å². The van der Waals surface area contributed by atoms with E-state index in [4.69, 9.17) is 30.5 Å². The summed E-state index contributed by atoms with van der Waals surface area (Å²) in [6.07, 6.45) is 0.203. The summed E-state index contributed by atoms with van der Waals surface area (Å²) in [5.41, 5.74) is 1.58. The second kappa shape index (κ2) is 11.2. The highest BCUT2D eigenvalue weighted by Crippen LogP contribution is 2.38. The Hall–Kier alpha value is -2.97. The fourth-order valence-electron chi connectivity index (χ4n) is 4.01. The molecule has 1 saturated heterocycles. The van der Waals surface area contributed by atoms with Gasteiger partial charge in [0.15, 0.2) is 11.5 Å². The first kappa shape index (κ1) is 24.7. The molecule has 2 aromatic rings. The molecule has 1 aliphatic rings. The maximum absolute atomic E-state index is 13.0. The van der Waals surface area contributed by atoms with Gasteiger partial charge in [0, 0.05) is 31.2 Å². The molecule has 0 radical (unpaired) electrons. The number of nitrogens with zero attached hydrogens (tertiary/aromatic N) is 2. The number of amides is 1. The Morgan fingerprint density at radius 3 is 1.97 bits per heavy atom. The van der Waals surface area contributed by atoms with Crippen LogP contribution < -0.4 is 14.2 Å². The number of hydrogen-bond acceptors (Lipinski definition) is 7. The molecule has 1 aliphatic heterocycles. The molecule has 0 unspecified atom stereocenters. The molecule has 178 valence electrons. The summed E-state index contributed by atoms with van der Waals surface area (Å²) < 4.78 is 21.1. The molecule has 2 aromatic carbocycles. The molecule has 8 nitrogen and oxygen atoms in total. The summed E-state index contributed by atoms with van der Waals surface area (Å²) in [4.78, 5) is 29.3. The second-order valence-corrected chi connectivity index (χ2v) is 8.04. The van der Waals surface area contributed by atoms with E-state index >= 15 is 0 Å². The number of ether oxygens (including phenoxy) is 4. The van der Waals surface area contributed by atoms with Crippen LogP contribution in [0, 0.1) is 0 Å². The minimum absolute atomic E-state index is 0.00923. The molecule has 9 heteroatoms. The first-order valence-corrected chi connectivity index (χ1v) is 10.9. The van der Waals surface area contributed by atoms with Crippen molar-refractivity contribution in [3.05, 3.63) is 52.5 Å². The largest absolute Gasteiger partial charge is 0.493 e. The number of carbonyl (C=O) groups excluding carboxylic acids is 2. The molecule has 1 amide bonds. The Kier molecular flexibility index (Phi) is 8.41. The molecule has 0 saturated carbocycles. The summed E-state index contributed by atoms with van der Waals surface area (Å²) in [5.74, 6) is 1.15. The van der Waals surface area contributed by atoms with Crippen LogP contribution in [0.4, 0.5) is 0 Å². The molecule has 1 fully saturated rings. The van der Waals surface area contributed by atoms with Crippen LogP contribution in [0.2, 0.25) is 5.02 Å². The standard InChI is InChI=1S/C24H29ClN2O6/c1-30-19-13-16(14-20(31-2)23(19)32-3)15-21(28)26-9-11-27(12-10-26)22(24(29)33-4)17-5-7-18(25)8-6-17/h5-8,13-14,22H,9-12,15H2,1-4H3/t22-/m0/s1. The zero-order chi connectivity index (χ0) is 24.0. The van der Waals surface area contributed by atoms with Gasteiger partial charge in [0.1, 0.15) is 6.04 Å². The number of piperazine rings is 1. The Balaban J connectivity index is 1.68. The van der Waals surface area contributed by atoms with Gasteiger partial charge in [0.2, 0.25) is 11.7 Å². The van der Waals surface area contributed by atoms with Crippen LogP contribution in [-0.4, -0.2) is 76.3 Å². The third kappa shape index (κ3) is 5.69. The summed E-state index contributed by atoms with van der Waals surface area (Å²) >= 11 is 5.99. The fourth-order valence-corrected chi connectivity index (χ4v) is 4.13.